The van der Waals surface area contributed by atoms with Gasteiger partial charge in [-0.1, -0.05) is 42.5 Å². The van der Waals surface area contributed by atoms with Gasteiger partial charge in [0.15, 0.2) is 0 Å². The lowest BCUT2D eigenvalue weighted by Crippen LogP contribution is -2.32. The Hall–Kier alpha value is -1.91. The van der Waals surface area contributed by atoms with Crippen molar-refractivity contribution in [1.82, 2.24) is 14.5 Å². The van der Waals surface area contributed by atoms with E-state index in [4.69, 9.17) is 4.74 Å². The number of aryl methyl sites for hydroxylation is 1. The van der Waals surface area contributed by atoms with Gasteiger partial charge >= 0.3 is 0 Å². The quantitative estimate of drug-likeness (QED) is 0.743. The maximum Gasteiger partial charge on any atom is 0.0948 e. The van der Waals surface area contributed by atoms with Crippen molar-refractivity contribution >= 4 is 6.08 Å². The van der Waals surface area contributed by atoms with E-state index in [9.17, 15) is 0 Å². The molecule has 1 fully saturated rings. The van der Waals surface area contributed by atoms with Crippen molar-refractivity contribution in [2.45, 2.75) is 39.0 Å². The molecule has 2 aromatic rings. The summed E-state index contributed by atoms with van der Waals surface area (Å²) < 4.78 is 8.05. The summed E-state index contributed by atoms with van der Waals surface area (Å²) in [4.78, 5) is 6.75. The zero-order chi connectivity index (χ0) is 16.6. The van der Waals surface area contributed by atoms with Crippen molar-refractivity contribution < 1.29 is 4.74 Å². The van der Waals surface area contributed by atoms with Crippen LogP contribution in [0.15, 0.2) is 48.9 Å². The maximum atomic E-state index is 5.84. The van der Waals surface area contributed by atoms with E-state index in [1.807, 2.05) is 18.6 Å². The van der Waals surface area contributed by atoms with Crippen LogP contribution in [-0.4, -0.2) is 40.3 Å². The molecule has 4 heteroatoms. The fourth-order valence-electron chi connectivity index (χ4n) is 3.18. The standard InChI is InChI=1S/C20H27N3O/c1-2-23-17-21-14-19(23)15-22(16-20-11-7-13-24-20)12-6-10-18-8-4-3-5-9-18/h3-6,8-10,14,17,20H,2,7,11-13,15-16H2,1H3. The molecule has 0 aliphatic carbocycles. The zero-order valence-corrected chi connectivity index (χ0v) is 14.5. The lowest BCUT2D eigenvalue weighted by atomic mass is 10.2. The van der Waals surface area contributed by atoms with Crippen LogP contribution in [-0.2, 0) is 17.8 Å². The first-order valence-corrected chi connectivity index (χ1v) is 8.89. The molecule has 128 valence electrons. The van der Waals surface area contributed by atoms with Crippen LogP contribution in [0.3, 0.4) is 0 Å². The molecule has 24 heavy (non-hydrogen) atoms. The van der Waals surface area contributed by atoms with E-state index >= 15 is 0 Å². The molecule has 0 saturated carbocycles. The van der Waals surface area contributed by atoms with Crippen molar-refractivity contribution in [2.24, 2.45) is 0 Å². The second-order valence-corrected chi connectivity index (χ2v) is 6.31. The average Bonchev–Trinajstić information content (AvgIpc) is 3.27. The van der Waals surface area contributed by atoms with Gasteiger partial charge in [-0.3, -0.25) is 4.90 Å². The van der Waals surface area contributed by atoms with Gasteiger partial charge in [0.25, 0.3) is 0 Å². The normalized spacial score (nSPS) is 18.0. The van der Waals surface area contributed by atoms with E-state index < -0.39 is 0 Å². The zero-order valence-electron chi connectivity index (χ0n) is 14.5. The Morgan fingerprint density at radius 2 is 2.21 bits per heavy atom. The summed E-state index contributed by atoms with van der Waals surface area (Å²) in [6, 6.07) is 10.5. The van der Waals surface area contributed by atoms with E-state index in [-0.39, 0.29) is 0 Å². The Labute approximate surface area is 144 Å². The Morgan fingerprint density at radius 1 is 1.33 bits per heavy atom. The summed E-state index contributed by atoms with van der Waals surface area (Å²) in [5, 5.41) is 0. The van der Waals surface area contributed by atoms with Gasteiger partial charge in [0, 0.05) is 39.0 Å². The molecule has 3 rings (SSSR count). The van der Waals surface area contributed by atoms with Crippen LogP contribution >= 0.6 is 0 Å². The van der Waals surface area contributed by atoms with Crippen LogP contribution in [0.2, 0.25) is 0 Å². The largest absolute Gasteiger partial charge is 0.377 e. The third kappa shape index (κ3) is 4.79. The first kappa shape index (κ1) is 16.9. The van der Waals surface area contributed by atoms with E-state index in [0.717, 1.165) is 32.8 Å². The predicted molar refractivity (Wildman–Crippen MR) is 97.6 cm³/mol. The highest BCUT2D eigenvalue weighted by molar-refractivity contribution is 5.48. The molecule has 1 unspecified atom stereocenters. The molecular formula is C20H27N3O. The number of benzene rings is 1. The summed E-state index contributed by atoms with van der Waals surface area (Å²) in [6.07, 6.45) is 11.1. The van der Waals surface area contributed by atoms with Crippen LogP contribution in [0, 0.1) is 0 Å². The Morgan fingerprint density at radius 3 is 2.96 bits per heavy atom. The van der Waals surface area contributed by atoms with E-state index in [1.54, 1.807) is 0 Å². The van der Waals surface area contributed by atoms with Gasteiger partial charge < -0.3 is 9.30 Å². The number of imidazole rings is 1. The highest BCUT2D eigenvalue weighted by atomic mass is 16.5. The first-order valence-electron chi connectivity index (χ1n) is 8.89. The Kier molecular flexibility index (Phi) is 6.21. The first-order chi connectivity index (χ1) is 11.8. The average molecular weight is 325 g/mol. The summed E-state index contributed by atoms with van der Waals surface area (Å²) in [5.74, 6) is 0. The smallest absolute Gasteiger partial charge is 0.0948 e. The molecule has 1 saturated heterocycles. The molecule has 1 aliphatic heterocycles. The summed E-state index contributed by atoms with van der Waals surface area (Å²) in [6.45, 7) is 6.84. The molecule has 1 aromatic carbocycles. The van der Waals surface area contributed by atoms with E-state index in [1.165, 1.54) is 24.1 Å². The van der Waals surface area contributed by atoms with Gasteiger partial charge in [-0.25, -0.2) is 4.98 Å². The summed E-state index contributed by atoms with van der Waals surface area (Å²) in [5.41, 5.74) is 2.51. The lowest BCUT2D eigenvalue weighted by Gasteiger charge is -2.24. The van der Waals surface area contributed by atoms with Crippen molar-refractivity contribution in [2.75, 3.05) is 19.7 Å². The number of rotatable bonds is 8. The SMILES string of the molecule is CCn1cncc1CN(CC=Cc1ccccc1)CC1CCCO1. The third-order valence-electron chi connectivity index (χ3n) is 4.48. The number of ether oxygens (including phenoxy) is 1. The fraction of sp³-hybridized carbons (Fsp3) is 0.450. The molecule has 1 atom stereocenters. The Balaban J connectivity index is 1.63. The van der Waals surface area contributed by atoms with Gasteiger partial charge in [0.05, 0.1) is 18.1 Å². The van der Waals surface area contributed by atoms with E-state index in [0.29, 0.717) is 6.10 Å². The molecule has 0 N–H and O–H groups in total. The maximum absolute atomic E-state index is 5.84. The van der Waals surface area contributed by atoms with Crippen LogP contribution in [0.1, 0.15) is 31.0 Å². The molecule has 4 nitrogen and oxygen atoms in total. The minimum atomic E-state index is 0.369. The van der Waals surface area contributed by atoms with Gasteiger partial charge in [-0.15, -0.1) is 0 Å². The third-order valence-corrected chi connectivity index (χ3v) is 4.48. The fourth-order valence-corrected chi connectivity index (χ4v) is 3.18. The van der Waals surface area contributed by atoms with Gasteiger partial charge in [-0.2, -0.15) is 0 Å². The molecule has 0 amide bonds. The highest BCUT2D eigenvalue weighted by Gasteiger charge is 2.19. The minimum Gasteiger partial charge on any atom is -0.377 e. The van der Waals surface area contributed by atoms with Crippen molar-refractivity contribution in [3.63, 3.8) is 0 Å². The topological polar surface area (TPSA) is 30.3 Å². The van der Waals surface area contributed by atoms with Crippen LogP contribution in [0.5, 0.6) is 0 Å². The minimum absolute atomic E-state index is 0.369. The van der Waals surface area contributed by atoms with Gasteiger partial charge in [0.1, 0.15) is 0 Å². The molecule has 0 radical (unpaired) electrons. The molecular weight excluding hydrogens is 298 g/mol. The highest BCUT2D eigenvalue weighted by Crippen LogP contribution is 2.15. The van der Waals surface area contributed by atoms with Gasteiger partial charge in [-0.05, 0) is 25.3 Å². The molecule has 1 aliphatic rings. The number of aromatic nitrogens is 2. The Bertz CT molecular complexity index is 629. The lowest BCUT2D eigenvalue weighted by molar-refractivity contribution is 0.0740. The van der Waals surface area contributed by atoms with Crippen LogP contribution in [0.25, 0.3) is 6.08 Å². The number of nitrogens with zero attached hydrogens (tertiary/aromatic N) is 3. The van der Waals surface area contributed by atoms with Gasteiger partial charge in [0.2, 0.25) is 0 Å². The van der Waals surface area contributed by atoms with Crippen molar-refractivity contribution in [1.29, 1.82) is 0 Å². The summed E-state index contributed by atoms with van der Waals surface area (Å²) in [7, 11) is 0. The predicted octanol–water partition coefficient (Wildman–Crippen LogP) is 3.60. The molecule has 0 bridgehead atoms. The van der Waals surface area contributed by atoms with Crippen LogP contribution in [0.4, 0.5) is 0 Å². The molecule has 2 heterocycles. The van der Waals surface area contributed by atoms with Crippen molar-refractivity contribution in [3.8, 4) is 0 Å². The number of hydrogen-bond acceptors (Lipinski definition) is 3. The van der Waals surface area contributed by atoms with Crippen molar-refractivity contribution in [3.05, 3.63) is 60.2 Å². The second kappa shape index (κ2) is 8.81. The van der Waals surface area contributed by atoms with E-state index in [2.05, 4.69) is 57.8 Å². The second-order valence-electron chi connectivity index (χ2n) is 6.31. The molecule has 0 spiro atoms. The number of hydrogen-bond donors (Lipinski definition) is 0. The summed E-state index contributed by atoms with van der Waals surface area (Å²) >= 11 is 0. The monoisotopic (exact) mass is 325 g/mol. The molecule has 1 aromatic heterocycles. The van der Waals surface area contributed by atoms with Crippen LogP contribution < -0.4 is 0 Å².